The van der Waals surface area contributed by atoms with Crippen LogP contribution in [0.4, 0.5) is 0 Å². The molecule has 0 aliphatic carbocycles. The molecule has 0 saturated heterocycles. The van der Waals surface area contributed by atoms with Gasteiger partial charge in [0.1, 0.15) is 0 Å². The van der Waals surface area contributed by atoms with Crippen molar-refractivity contribution in [2.24, 2.45) is 0 Å². The zero-order valence-corrected chi connectivity index (χ0v) is 12.5. The van der Waals surface area contributed by atoms with Crippen LogP contribution >= 0.6 is 0 Å². The molecule has 2 N–H and O–H groups in total. The highest BCUT2D eigenvalue weighted by Crippen LogP contribution is 2.10. The van der Waals surface area contributed by atoms with Gasteiger partial charge in [-0.1, -0.05) is 30.3 Å². The van der Waals surface area contributed by atoms with Crippen LogP contribution in [0.2, 0.25) is 0 Å². The summed E-state index contributed by atoms with van der Waals surface area (Å²) >= 11 is 0. The van der Waals surface area contributed by atoms with Crippen LogP contribution in [0.15, 0.2) is 42.7 Å². The van der Waals surface area contributed by atoms with Crippen LogP contribution in [0.5, 0.6) is 0 Å². The lowest BCUT2D eigenvalue weighted by Gasteiger charge is -2.12. The van der Waals surface area contributed by atoms with Crippen molar-refractivity contribution in [3.8, 4) is 0 Å². The van der Waals surface area contributed by atoms with E-state index in [1.165, 1.54) is 0 Å². The van der Waals surface area contributed by atoms with Crippen LogP contribution in [0.25, 0.3) is 0 Å². The molecule has 0 fully saturated rings. The number of hydrogen-bond acceptors (Lipinski definition) is 3. The molecular formula is C16H22N4O. The molecule has 112 valence electrons. The van der Waals surface area contributed by atoms with Crippen molar-refractivity contribution >= 4 is 5.91 Å². The molecule has 5 heteroatoms. The molecule has 0 saturated carbocycles. The van der Waals surface area contributed by atoms with Crippen molar-refractivity contribution in [2.45, 2.75) is 33.0 Å². The zero-order valence-electron chi connectivity index (χ0n) is 12.5. The lowest BCUT2D eigenvalue weighted by Crippen LogP contribution is -2.34. The van der Waals surface area contributed by atoms with E-state index in [2.05, 4.69) is 15.7 Å². The Balaban J connectivity index is 1.73. The van der Waals surface area contributed by atoms with E-state index in [9.17, 15) is 4.79 Å². The van der Waals surface area contributed by atoms with Gasteiger partial charge in [-0.3, -0.25) is 9.48 Å². The molecule has 2 rings (SSSR count). The second-order valence-electron chi connectivity index (χ2n) is 4.99. The maximum atomic E-state index is 11.8. The van der Waals surface area contributed by atoms with Crippen LogP contribution < -0.4 is 10.6 Å². The minimum atomic E-state index is -0.00594. The lowest BCUT2D eigenvalue weighted by atomic mass is 10.2. The van der Waals surface area contributed by atoms with Crippen LogP contribution in [-0.2, 0) is 17.9 Å². The van der Waals surface area contributed by atoms with Gasteiger partial charge in [0.25, 0.3) is 0 Å². The van der Waals surface area contributed by atoms with E-state index in [-0.39, 0.29) is 11.9 Å². The fraction of sp³-hybridized carbons (Fsp3) is 0.375. The number of hydrogen-bond donors (Lipinski definition) is 2. The van der Waals surface area contributed by atoms with E-state index in [0.29, 0.717) is 13.1 Å². The number of nitrogens with one attached hydrogen (secondary N) is 2. The van der Waals surface area contributed by atoms with Gasteiger partial charge in [-0.15, -0.1) is 0 Å². The third kappa shape index (κ3) is 4.72. The molecule has 0 aliphatic rings. The summed E-state index contributed by atoms with van der Waals surface area (Å²) in [5.41, 5.74) is 2.19. The molecule has 1 heterocycles. The maximum Gasteiger partial charge on any atom is 0.234 e. The molecule has 1 atom stereocenters. The van der Waals surface area contributed by atoms with Crippen LogP contribution in [0.1, 0.15) is 31.0 Å². The SMILES string of the molecule is CCn1cc(C(C)NCC(=O)NCc2ccccc2)cn1. The maximum absolute atomic E-state index is 11.8. The molecule has 2 aromatic rings. The van der Waals surface area contributed by atoms with Crippen molar-refractivity contribution < 1.29 is 4.79 Å². The van der Waals surface area contributed by atoms with Crippen molar-refractivity contribution in [2.75, 3.05) is 6.54 Å². The van der Waals surface area contributed by atoms with Crippen LogP contribution in [-0.4, -0.2) is 22.2 Å². The topological polar surface area (TPSA) is 59.0 Å². The Morgan fingerprint density at radius 2 is 2.10 bits per heavy atom. The zero-order chi connectivity index (χ0) is 15.1. The Bertz CT molecular complexity index is 565. The first kappa shape index (κ1) is 15.3. The Labute approximate surface area is 125 Å². The molecule has 5 nitrogen and oxygen atoms in total. The van der Waals surface area contributed by atoms with Gasteiger partial charge >= 0.3 is 0 Å². The fourth-order valence-electron chi connectivity index (χ4n) is 2.00. The van der Waals surface area contributed by atoms with Gasteiger partial charge < -0.3 is 10.6 Å². The minimum Gasteiger partial charge on any atom is -0.351 e. The van der Waals surface area contributed by atoms with Gasteiger partial charge in [0, 0.05) is 30.9 Å². The minimum absolute atomic E-state index is 0.00594. The van der Waals surface area contributed by atoms with E-state index in [4.69, 9.17) is 0 Å². The van der Waals surface area contributed by atoms with Crippen molar-refractivity contribution in [1.29, 1.82) is 0 Å². The number of benzene rings is 1. The molecule has 0 spiro atoms. The monoisotopic (exact) mass is 286 g/mol. The van der Waals surface area contributed by atoms with Gasteiger partial charge in [-0.05, 0) is 19.4 Å². The molecule has 0 bridgehead atoms. The highest BCUT2D eigenvalue weighted by molar-refractivity contribution is 5.78. The van der Waals surface area contributed by atoms with E-state index in [1.54, 1.807) is 0 Å². The predicted octanol–water partition coefficient (Wildman–Crippen LogP) is 1.87. The molecule has 1 amide bonds. The first-order valence-corrected chi connectivity index (χ1v) is 7.25. The normalized spacial score (nSPS) is 12.1. The summed E-state index contributed by atoms with van der Waals surface area (Å²) in [6.45, 7) is 5.78. The summed E-state index contributed by atoms with van der Waals surface area (Å²) in [5, 5.41) is 10.3. The van der Waals surface area contributed by atoms with Crippen molar-refractivity contribution in [3.63, 3.8) is 0 Å². The molecule has 1 aromatic heterocycles. The van der Waals surface area contributed by atoms with Gasteiger partial charge in [-0.2, -0.15) is 5.10 Å². The summed E-state index contributed by atoms with van der Waals surface area (Å²) in [7, 11) is 0. The molecule has 0 radical (unpaired) electrons. The van der Waals surface area contributed by atoms with Crippen molar-refractivity contribution in [1.82, 2.24) is 20.4 Å². The number of rotatable bonds is 7. The molecule has 21 heavy (non-hydrogen) atoms. The third-order valence-corrected chi connectivity index (χ3v) is 3.38. The van der Waals surface area contributed by atoms with Crippen molar-refractivity contribution in [3.05, 3.63) is 53.9 Å². The third-order valence-electron chi connectivity index (χ3n) is 3.38. The number of amides is 1. The van der Waals surface area contributed by atoms with E-state index in [0.717, 1.165) is 17.7 Å². The molecule has 0 aliphatic heterocycles. The first-order chi connectivity index (χ1) is 10.2. The van der Waals surface area contributed by atoms with Crippen LogP contribution in [0, 0.1) is 0 Å². The standard InChI is InChI=1S/C16H22N4O/c1-3-20-12-15(10-19-20)13(2)17-11-16(21)18-9-14-7-5-4-6-8-14/h4-8,10,12-13,17H,3,9,11H2,1-2H3,(H,18,21). The molecule has 1 aromatic carbocycles. The summed E-state index contributed by atoms with van der Waals surface area (Å²) in [4.78, 5) is 11.8. The molecule has 1 unspecified atom stereocenters. The second-order valence-corrected chi connectivity index (χ2v) is 4.99. The van der Waals surface area contributed by atoms with Gasteiger partial charge in [0.2, 0.25) is 5.91 Å². The summed E-state index contributed by atoms with van der Waals surface area (Å²) in [5.74, 6) is -0.00594. The van der Waals surface area contributed by atoms with Gasteiger partial charge in [0.05, 0.1) is 12.7 Å². The molecular weight excluding hydrogens is 264 g/mol. The Morgan fingerprint density at radius 1 is 1.33 bits per heavy atom. The number of carbonyl (C=O) groups excluding carboxylic acids is 1. The lowest BCUT2D eigenvalue weighted by molar-refractivity contribution is -0.120. The summed E-state index contributed by atoms with van der Waals surface area (Å²) in [6.07, 6.45) is 3.84. The summed E-state index contributed by atoms with van der Waals surface area (Å²) in [6, 6.07) is 9.99. The second kappa shape index (κ2) is 7.59. The smallest absolute Gasteiger partial charge is 0.234 e. The van der Waals surface area contributed by atoms with Gasteiger partial charge in [-0.25, -0.2) is 0 Å². The number of carbonyl (C=O) groups is 1. The Kier molecular flexibility index (Phi) is 5.51. The van der Waals surface area contributed by atoms with Gasteiger partial charge in [0.15, 0.2) is 0 Å². The van der Waals surface area contributed by atoms with Crippen LogP contribution in [0.3, 0.4) is 0 Å². The highest BCUT2D eigenvalue weighted by Gasteiger charge is 2.09. The predicted molar refractivity (Wildman–Crippen MR) is 82.6 cm³/mol. The fourth-order valence-corrected chi connectivity index (χ4v) is 2.00. The largest absolute Gasteiger partial charge is 0.351 e. The van der Waals surface area contributed by atoms with E-state index < -0.39 is 0 Å². The average molecular weight is 286 g/mol. The number of nitrogens with zero attached hydrogens (tertiary/aromatic N) is 2. The first-order valence-electron chi connectivity index (χ1n) is 7.25. The quantitative estimate of drug-likeness (QED) is 0.817. The average Bonchev–Trinajstić information content (AvgIpc) is 3.00. The summed E-state index contributed by atoms with van der Waals surface area (Å²) < 4.78 is 1.88. The van der Waals surface area contributed by atoms with E-state index in [1.807, 2.05) is 61.3 Å². The highest BCUT2D eigenvalue weighted by atomic mass is 16.1. The van der Waals surface area contributed by atoms with E-state index >= 15 is 0 Å². The Hall–Kier alpha value is -2.14. The number of aromatic nitrogens is 2. The number of aryl methyl sites for hydroxylation is 1. The Morgan fingerprint density at radius 3 is 2.76 bits per heavy atom.